The number of aliphatic hydroxyl groups excluding tert-OH is 1. The lowest BCUT2D eigenvalue weighted by atomic mass is 10.1. The SMILES string of the molecule is CCNC(=NCC(O)c1ccc(OC(F)F)cc1)NCCCN(C)CCOC.I. The number of ether oxygens (including phenoxy) is 2. The molecule has 0 aliphatic rings. The van der Waals surface area contributed by atoms with Crippen molar-refractivity contribution in [3.63, 3.8) is 0 Å². The lowest BCUT2D eigenvalue weighted by Gasteiger charge is -2.17. The van der Waals surface area contributed by atoms with Crippen LogP contribution in [0, 0.1) is 0 Å². The maximum Gasteiger partial charge on any atom is 0.387 e. The fourth-order valence-electron chi connectivity index (χ4n) is 2.41. The van der Waals surface area contributed by atoms with Crippen molar-refractivity contribution in [3.8, 4) is 5.75 Å². The van der Waals surface area contributed by atoms with Crippen molar-refractivity contribution in [1.29, 1.82) is 0 Å². The number of halogens is 3. The summed E-state index contributed by atoms with van der Waals surface area (Å²) in [4.78, 5) is 6.58. The predicted octanol–water partition coefficient (Wildman–Crippen LogP) is 2.46. The quantitative estimate of drug-likeness (QED) is 0.158. The maximum absolute atomic E-state index is 12.2. The fraction of sp³-hybridized carbons (Fsp3) is 0.632. The molecule has 0 heterocycles. The number of alkyl halides is 2. The number of benzene rings is 1. The van der Waals surface area contributed by atoms with E-state index in [1.54, 1.807) is 19.2 Å². The minimum atomic E-state index is -2.87. The Kier molecular flexibility index (Phi) is 15.8. The third-order valence-electron chi connectivity index (χ3n) is 3.94. The molecule has 1 aromatic rings. The normalized spacial score (nSPS) is 12.6. The first-order valence-electron chi connectivity index (χ1n) is 9.38. The van der Waals surface area contributed by atoms with E-state index in [-0.39, 0.29) is 36.3 Å². The molecule has 0 radical (unpaired) electrons. The van der Waals surface area contributed by atoms with Crippen LogP contribution in [-0.4, -0.2) is 76.1 Å². The van der Waals surface area contributed by atoms with Gasteiger partial charge >= 0.3 is 6.61 Å². The average Bonchev–Trinajstić information content (AvgIpc) is 2.67. The number of rotatable bonds is 13. The third kappa shape index (κ3) is 12.8. The molecule has 10 heteroatoms. The zero-order chi connectivity index (χ0) is 20.8. The summed E-state index contributed by atoms with van der Waals surface area (Å²) in [5, 5.41) is 16.6. The van der Waals surface area contributed by atoms with Crippen molar-refractivity contribution in [2.24, 2.45) is 4.99 Å². The van der Waals surface area contributed by atoms with E-state index in [9.17, 15) is 13.9 Å². The molecule has 0 aromatic heterocycles. The minimum Gasteiger partial charge on any atom is -0.435 e. The van der Waals surface area contributed by atoms with Crippen LogP contribution in [0.25, 0.3) is 0 Å². The summed E-state index contributed by atoms with van der Waals surface area (Å²) in [7, 11) is 3.74. The highest BCUT2D eigenvalue weighted by molar-refractivity contribution is 14.0. The molecule has 168 valence electrons. The van der Waals surface area contributed by atoms with E-state index in [0.29, 0.717) is 24.7 Å². The van der Waals surface area contributed by atoms with E-state index < -0.39 is 12.7 Å². The molecule has 1 rings (SSSR count). The number of guanidine groups is 1. The van der Waals surface area contributed by atoms with Gasteiger partial charge in [-0.25, -0.2) is 0 Å². The Hall–Kier alpha value is -1.24. The highest BCUT2D eigenvalue weighted by atomic mass is 127. The van der Waals surface area contributed by atoms with Crippen LogP contribution in [0.3, 0.4) is 0 Å². The molecule has 0 fully saturated rings. The number of nitrogens with one attached hydrogen (secondary N) is 2. The number of methoxy groups -OCH3 is 1. The van der Waals surface area contributed by atoms with Crippen molar-refractivity contribution in [3.05, 3.63) is 29.8 Å². The van der Waals surface area contributed by atoms with Crippen LogP contribution in [0.1, 0.15) is 25.0 Å². The summed E-state index contributed by atoms with van der Waals surface area (Å²) in [6.07, 6.45) is 0.106. The number of hydrogen-bond acceptors (Lipinski definition) is 5. The summed E-state index contributed by atoms with van der Waals surface area (Å²) in [6, 6.07) is 5.90. The molecule has 1 aromatic carbocycles. The molecule has 0 saturated heterocycles. The van der Waals surface area contributed by atoms with Gasteiger partial charge in [0.15, 0.2) is 5.96 Å². The van der Waals surface area contributed by atoms with Crippen LogP contribution in [0.4, 0.5) is 8.78 Å². The smallest absolute Gasteiger partial charge is 0.387 e. The molecule has 7 nitrogen and oxygen atoms in total. The Labute approximate surface area is 188 Å². The molecule has 0 spiro atoms. The van der Waals surface area contributed by atoms with Crippen LogP contribution in [0.5, 0.6) is 5.75 Å². The summed E-state index contributed by atoms with van der Waals surface area (Å²) in [6.45, 7) is 3.24. The van der Waals surface area contributed by atoms with Gasteiger partial charge in [0.05, 0.1) is 19.3 Å². The number of nitrogens with zero attached hydrogens (tertiary/aromatic N) is 2. The first-order valence-corrected chi connectivity index (χ1v) is 9.38. The predicted molar refractivity (Wildman–Crippen MR) is 121 cm³/mol. The highest BCUT2D eigenvalue weighted by Gasteiger charge is 2.09. The molecule has 0 aliphatic heterocycles. The Bertz CT molecular complexity index is 565. The largest absolute Gasteiger partial charge is 0.435 e. The second kappa shape index (κ2) is 16.5. The third-order valence-corrected chi connectivity index (χ3v) is 3.94. The zero-order valence-corrected chi connectivity index (χ0v) is 19.6. The van der Waals surface area contributed by atoms with Gasteiger partial charge in [0.1, 0.15) is 5.75 Å². The van der Waals surface area contributed by atoms with Gasteiger partial charge < -0.3 is 30.1 Å². The molecular weight excluding hydrogens is 497 g/mol. The van der Waals surface area contributed by atoms with Crippen LogP contribution in [0.2, 0.25) is 0 Å². The Morgan fingerprint density at radius 1 is 1.21 bits per heavy atom. The summed E-state index contributed by atoms with van der Waals surface area (Å²) in [5.41, 5.74) is 0.584. The molecule has 0 aliphatic carbocycles. The molecule has 0 saturated carbocycles. The van der Waals surface area contributed by atoms with Gasteiger partial charge in [0, 0.05) is 26.7 Å². The van der Waals surface area contributed by atoms with E-state index in [1.807, 2.05) is 14.0 Å². The van der Waals surface area contributed by atoms with Gasteiger partial charge in [-0.05, 0) is 44.6 Å². The molecule has 1 atom stereocenters. The number of aliphatic imine (C=N–C) groups is 1. The second-order valence-electron chi connectivity index (χ2n) is 6.26. The van der Waals surface area contributed by atoms with Crippen LogP contribution in [-0.2, 0) is 4.74 Å². The zero-order valence-electron chi connectivity index (χ0n) is 17.2. The first-order chi connectivity index (χ1) is 13.5. The average molecular weight is 530 g/mol. The monoisotopic (exact) mass is 530 g/mol. The lowest BCUT2D eigenvalue weighted by molar-refractivity contribution is -0.0498. The Morgan fingerprint density at radius 2 is 1.90 bits per heavy atom. The lowest BCUT2D eigenvalue weighted by Crippen LogP contribution is -2.39. The van der Waals surface area contributed by atoms with Crippen molar-refractivity contribution in [2.45, 2.75) is 26.1 Å². The van der Waals surface area contributed by atoms with Crippen molar-refractivity contribution >= 4 is 29.9 Å². The highest BCUT2D eigenvalue weighted by Crippen LogP contribution is 2.19. The first kappa shape index (κ1) is 27.8. The van der Waals surface area contributed by atoms with Gasteiger partial charge in [-0.3, -0.25) is 4.99 Å². The van der Waals surface area contributed by atoms with Crippen LogP contribution < -0.4 is 15.4 Å². The minimum absolute atomic E-state index is 0. The van der Waals surface area contributed by atoms with Gasteiger partial charge in [-0.15, -0.1) is 24.0 Å². The van der Waals surface area contributed by atoms with E-state index in [4.69, 9.17) is 4.74 Å². The van der Waals surface area contributed by atoms with Crippen molar-refractivity contribution < 1.29 is 23.4 Å². The van der Waals surface area contributed by atoms with Crippen LogP contribution >= 0.6 is 24.0 Å². The van der Waals surface area contributed by atoms with E-state index in [0.717, 1.165) is 26.1 Å². The van der Waals surface area contributed by atoms with Gasteiger partial charge in [-0.2, -0.15) is 8.78 Å². The standard InChI is InChI=1S/C19H32F2N4O3.HI/c1-4-22-19(23-10-5-11-25(2)12-13-27-3)24-14-17(26)15-6-8-16(9-7-15)28-18(20)21;/h6-9,17-18,26H,4-5,10-14H2,1-3H3,(H2,22,23,24);1H. The topological polar surface area (TPSA) is 78.4 Å². The number of hydrogen-bond donors (Lipinski definition) is 3. The summed E-state index contributed by atoms with van der Waals surface area (Å²) >= 11 is 0. The number of aliphatic hydroxyl groups is 1. The Morgan fingerprint density at radius 3 is 2.48 bits per heavy atom. The molecule has 1 unspecified atom stereocenters. The summed E-state index contributed by atoms with van der Waals surface area (Å²) < 4.78 is 33.7. The molecule has 29 heavy (non-hydrogen) atoms. The molecule has 0 bridgehead atoms. The Balaban J connectivity index is 0.00000784. The van der Waals surface area contributed by atoms with Crippen molar-refractivity contribution in [2.75, 3.05) is 53.5 Å². The van der Waals surface area contributed by atoms with Gasteiger partial charge in [0.25, 0.3) is 0 Å². The maximum atomic E-state index is 12.2. The summed E-state index contributed by atoms with van der Waals surface area (Å²) in [5.74, 6) is 0.679. The number of likely N-dealkylation sites (N-methyl/N-ethyl adjacent to an activating group) is 1. The van der Waals surface area contributed by atoms with E-state index in [2.05, 4.69) is 25.3 Å². The molecular formula is C19H33F2IN4O3. The molecule has 3 N–H and O–H groups in total. The van der Waals surface area contributed by atoms with Crippen molar-refractivity contribution in [1.82, 2.24) is 15.5 Å². The van der Waals surface area contributed by atoms with Crippen LogP contribution in [0.15, 0.2) is 29.3 Å². The van der Waals surface area contributed by atoms with E-state index in [1.165, 1.54) is 12.1 Å². The molecule has 0 amide bonds. The van der Waals surface area contributed by atoms with Gasteiger partial charge in [-0.1, -0.05) is 12.1 Å². The van der Waals surface area contributed by atoms with E-state index >= 15 is 0 Å². The second-order valence-corrected chi connectivity index (χ2v) is 6.26. The fourth-order valence-corrected chi connectivity index (χ4v) is 2.41. The van der Waals surface area contributed by atoms with Gasteiger partial charge in [0.2, 0.25) is 0 Å².